The van der Waals surface area contributed by atoms with Gasteiger partial charge in [0.2, 0.25) is 0 Å². The van der Waals surface area contributed by atoms with Crippen molar-refractivity contribution in [3.05, 3.63) is 57.0 Å². The Kier molecular flexibility index (Phi) is 8.82. The summed E-state index contributed by atoms with van der Waals surface area (Å²) in [6.07, 6.45) is 8.07. The number of nitrogens with zero attached hydrogens (tertiary/aromatic N) is 3. The molecular weight excluding hydrogens is 511 g/mol. The maximum Gasteiger partial charge on any atom is 0.322 e. The molecule has 1 aromatic carbocycles. The van der Waals surface area contributed by atoms with Crippen molar-refractivity contribution < 1.29 is 14.3 Å². The lowest BCUT2D eigenvalue weighted by Gasteiger charge is -2.35. The van der Waals surface area contributed by atoms with Crippen molar-refractivity contribution in [3.63, 3.8) is 0 Å². The highest BCUT2D eigenvalue weighted by atomic mass is 35.5. The van der Waals surface area contributed by atoms with Gasteiger partial charge in [-0.2, -0.15) is 0 Å². The summed E-state index contributed by atoms with van der Waals surface area (Å²) in [5.41, 5.74) is 1.87. The van der Waals surface area contributed by atoms with Gasteiger partial charge in [0.25, 0.3) is 0 Å². The lowest BCUT2D eigenvalue weighted by atomic mass is 9.93. The number of carbonyl (C=O) groups excluding carboxylic acids is 1. The van der Waals surface area contributed by atoms with Crippen molar-refractivity contribution >= 4 is 40.2 Å². The van der Waals surface area contributed by atoms with E-state index in [1.807, 2.05) is 16.2 Å². The SMILES string of the molecule is O=C(Nc1ccc(F)c(Cl)c1)N(CCN1CCCC1)C1CC=C(c2ccc(CN3CC[C@H](O)C3)s2)CC1. The van der Waals surface area contributed by atoms with Gasteiger partial charge in [0.05, 0.1) is 11.1 Å². The van der Waals surface area contributed by atoms with E-state index in [1.54, 1.807) is 6.07 Å². The van der Waals surface area contributed by atoms with Crippen LogP contribution in [0.5, 0.6) is 0 Å². The molecule has 1 aromatic heterocycles. The van der Waals surface area contributed by atoms with Crippen LogP contribution in [0.1, 0.15) is 48.3 Å². The van der Waals surface area contributed by atoms with Gasteiger partial charge in [0, 0.05) is 54.2 Å². The molecule has 2 fully saturated rings. The summed E-state index contributed by atoms with van der Waals surface area (Å²) < 4.78 is 13.6. The Morgan fingerprint density at radius 3 is 2.70 bits per heavy atom. The Morgan fingerprint density at radius 2 is 2.00 bits per heavy atom. The topological polar surface area (TPSA) is 59.1 Å². The first-order valence-electron chi connectivity index (χ1n) is 13.4. The van der Waals surface area contributed by atoms with E-state index in [0.717, 1.165) is 65.0 Å². The third-order valence-electron chi connectivity index (χ3n) is 7.72. The van der Waals surface area contributed by atoms with Crippen LogP contribution in [-0.2, 0) is 6.54 Å². The van der Waals surface area contributed by atoms with Crippen LogP contribution in [0.15, 0.2) is 36.4 Å². The molecule has 37 heavy (non-hydrogen) atoms. The predicted molar refractivity (Wildman–Crippen MR) is 149 cm³/mol. The molecule has 2 atom stereocenters. The number of urea groups is 1. The zero-order chi connectivity index (χ0) is 25.8. The van der Waals surface area contributed by atoms with Gasteiger partial charge in [-0.15, -0.1) is 11.3 Å². The molecule has 2 aromatic rings. The number of hydrogen-bond acceptors (Lipinski definition) is 5. The molecule has 2 amide bonds. The molecule has 0 spiro atoms. The summed E-state index contributed by atoms with van der Waals surface area (Å²) >= 11 is 7.78. The Bertz CT molecular complexity index is 1120. The zero-order valence-electron chi connectivity index (χ0n) is 21.2. The molecule has 5 rings (SSSR count). The number of amides is 2. The number of allylic oxidation sites excluding steroid dienone is 1. The predicted octanol–water partition coefficient (Wildman–Crippen LogP) is 5.67. The summed E-state index contributed by atoms with van der Waals surface area (Å²) in [4.78, 5) is 22.7. The summed E-state index contributed by atoms with van der Waals surface area (Å²) in [6, 6.07) is 8.68. The quantitative estimate of drug-likeness (QED) is 0.448. The second kappa shape index (κ2) is 12.3. The van der Waals surface area contributed by atoms with Gasteiger partial charge in [0.1, 0.15) is 5.82 Å². The number of nitrogens with one attached hydrogen (secondary N) is 1. The number of carbonyl (C=O) groups is 1. The lowest BCUT2D eigenvalue weighted by Crippen LogP contribution is -2.46. The van der Waals surface area contributed by atoms with Crippen molar-refractivity contribution in [3.8, 4) is 0 Å². The molecule has 1 aliphatic carbocycles. The number of halogens is 2. The number of thiophene rings is 1. The maximum atomic E-state index is 13.6. The van der Waals surface area contributed by atoms with E-state index < -0.39 is 5.82 Å². The fourth-order valence-corrected chi connectivity index (χ4v) is 6.91. The highest BCUT2D eigenvalue weighted by Crippen LogP contribution is 2.34. The minimum Gasteiger partial charge on any atom is -0.392 e. The summed E-state index contributed by atoms with van der Waals surface area (Å²) in [5.74, 6) is -0.495. The Hall–Kier alpha value is -1.97. The lowest BCUT2D eigenvalue weighted by molar-refractivity contribution is 0.170. The maximum absolute atomic E-state index is 13.6. The Balaban J connectivity index is 1.23. The Labute approximate surface area is 227 Å². The largest absolute Gasteiger partial charge is 0.392 e. The van der Waals surface area contributed by atoms with Gasteiger partial charge in [-0.05, 0) is 87.5 Å². The van der Waals surface area contributed by atoms with E-state index >= 15 is 0 Å². The van der Waals surface area contributed by atoms with Crippen LogP contribution >= 0.6 is 22.9 Å². The number of aliphatic hydroxyl groups excluding tert-OH is 1. The average Bonchev–Trinajstić information content (AvgIpc) is 3.65. The van der Waals surface area contributed by atoms with Crippen molar-refractivity contribution in [1.29, 1.82) is 0 Å². The molecule has 3 aliphatic rings. The normalized spacial score (nSPS) is 22.8. The van der Waals surface area contributed by atoms with E-state index in [0.29, 0.717) is 12.2 Å². The molecule has 1 unspecified atom stereocenters. The minimum atomic E-state index is -0.495. The van der Waals surface area contributed by atoms with E-state index in [4.69, 9.17) is 11.6 Å². The van der Waals surface area contributed by atoms with E-state index in [-0.39, 0.29) is 23.2 Å². The standard InChI is InChI=1S/C28H36ClFN4O2S/c29-25-17-21(5-9-26(25)30)31-28(36)34(16-15-32-12-1-2-13-32)22-6-3-20(4-7-22)27-10-8-24(37-27)19-33-14-11-23(35)18-33/h3,5,8-10,17,22-23,35H,1-2,4,6-7,11-16,18-19H2,(H,31,36)/t22?,23-/m0/s1. The number of hydrogen-bond donors (Lipinski definition) is 2. The fourth-order valence-electron chi connectivity index (χ4n) is 5.61. The van der Waals surface area contributed by atoms with Gasteiger partial charge < -0.3 is 20.2 Å². The van der Waals surface area contributed by atoms with Gasteiger partial charge in [0.15, 0.2) is 0 Å². The van der Waals surface area contributed by atoms with Crippen molar-refractivity contribution in [1.82, 2.24) is 14.7 Å². The van der Waals surface area contributed by atoms with Crippen molar-refractivity contribution in [2.45, 2.75) is 57.2 Å². The summed E-state index contributed by atoms with van der Waals surface area (Å²) in [5, 5.41) is 12.7. The van der Waals surface area contributed by atoms with Crippen LogP contribution in [0, 0.1) is 5.82 Å². The van der Waals surface area contributed by atoms with E-state index in [9.17, 15) is 14.3 Å². The first-order chi connectivity index (χ1) is 17.9. The van der Waals surface area contributed by atoms with Crippen LogP contribution in [0.3, 0.4) is 0 Å². The van der Waals surface area contributed by atoms with Gasteiger partial charge >= 0.3 is 6.03 Å². The number of aliphatic hydroxyl groups is 1. The molecule has 6 nitrogen and oxygen atoms in total. The molecule has 200 valence electrons. The van der Waals surface area contributed by atoms with Crippen LogP contribution in [-0.4, -0.2) is 77.3 Å². The van der Waals surface area contributed by atoms with E-state index in [2.05, 4.69) is 33.3 Å². The first-order valence-corrected chi connectivity index (χ1v) is 14.6. The van der Waals surface area contributed by atoms with Gasteiger partial charge in [-0.3, -0.25) is 4.90 Å². The molecule has 9 heteroatoms. The molecule has 3 heterocycles. The molecule has 2 aliphatic heterocycles. The number of likely N-dealkylation sites (tertiary alicyclic amines) is 2. The van der Waals surface area contributed by atoms with Crippen LogP contribution < -0.4 is 5.32 Å². The van der Waals surface area contributed by atoms with Crippen LogP contribution in [0.4, 0.5) is 14.9 Å². The second-order valence-electron chi connectivity index (χ2n) is 10.4. The molecular formula is C28H36ClFN4O2S. The highest BCUT2D eigenvalue weighted by molar-refractivity contribution is 7.13. The molecule has 0 bridgehead atoms. The van der Waals surface area contributed by atoms with Crippen molar-refractivity contribution in [2.24, 2.45) is 0 Å². The third-order valence-corrected chi connectivity index (χ3v) is 9.15. The fraction of sp³-hybridized carbons (Fsp3) is 0.536. The smallest absolute Gasteiger partial charge is 0.322 e. The highest BCUT2D eigenvalue weighted by Gasteiger charge is 2.28. The van der Waals surface area contributed by atoms with Crippen LogP contribution in [0.25, 0.3) is 5.57 Å². The monoisotopic (exact) mass is 546 g/mol. The number of anilines is 1. The summed E-state index contributed by atoms with van der Waals surface area (Å²) in [7, 11) is 0. The molecule has 0 saturated carbocycles. The van der Waals surface area contributed by atoms with Gasteiger partial charge in [-0.25, -0.2) is 9.18 Å². The average molecular weight is 547 g/mol. The molecule has 2 saturated heterocycles. The molecule has 0 radical (unpaired) electrons. The third kappa shape index (κ3) is 6.92. The summed E-state index contributed by atoms with van der Waals surface area (Å²) in [6.45, 7) is 6.33. The Morgan fingerprint density at radius 1 is 1.16 bits per heavy atom. The van der Waals surface area contributed by atoms with Crippen LogP contribution in [0.2, 0.25) is 5.02 Å². The first kappa shape index (κ1) is 26.6. The second-order valence-corrected chi connectivity index (χ2v) is 12.0. The van der Waals surface area contributed by atoms with E-state index in [1.165, 1.54) is 40.3 Å². The number of β-amino-alcohol motifs (C(OH)–C–C–N with tert-alkyl or cyclic N) is 1. The van der Waals surface area contributed by atoms with Crippen molar-refractivity contribution in [2.75, 3.05) is 44.6 Å². The number of benzene rings is 1. The molecule has 2 N–H and O–H groups in total. The van der Waals surface area contributed by atoms with Gasteiger partial charge in [-0.1, -0.05) is 17.7 Å². The minimum absolute atomic E-state index is 0.00267. The zero-order valence-corrected chi connectivity index (χ0v) is 22.7. The number of rotatable bonds is 8.